The van der Waals surface area contributed by atoms with Crippen LogP contribution in [0.15, 0.2) is 42.5 Å². The second-order valence-electron chi connectivity index (χ2n) is 7.07. The van der Waals surface area contributed by atoms with Crippen molar-refractivity contribution < 1.29 is 14.3 Å². The Kier molecular flexibility index (Phi) is 6.74. The quantitative estimate of drug-likeness (QED) is 0.715. The molecule has 1 aliphatic rings. The molecule has 0 fully saturated rings. The highest BCUT2D eigenvalue weighted by atomic mass is 16.5. The van der Waals surface area contributed by atoms with Gasteiger partial charge >= 0.3 is 0 Å². The second-order valence-corrected chi connectivity index (χ2v) is 7.07. The number of methoxy groups -OCH3 is 1. The molecule has 0 aromatic heterocycles. The SMILES string of the molecule is COc1ccccc1CCCNC(=O)[C@@H](C)Oc1cccc2c1CCCC2. The van der Waals surface area contributed by atoms with Crippen LogP contribution in [0.5, 0.6) is 11.5 Å². The molecule has 0 heterocycles. The number of aryl methyl sites for hydroxylation is 2. The molecular formula is C23H29NO3. The number of fused-ring (bicyclic) bond motifs is 1. The number of amides is 1. The van der Waals surface area contributed by atoms with Gasteiger partial charge in [-0.2, -0.15) is 0 Å². The molecule has 0 spiro atoms. The van der Waals surface area contributed by atoms with Crippen LogP contribution in [-0.2, 0) is 24.1 Å². The standard InChI is InChI=1S/C23H29NO3/c1-17(27-22-15-7-11-18-9-3-5-13-20(18)22)23(25)24-16-8-12-19-10-4-6-14-21(19)26-2/h4,6-7,10-11,14-15,17H,3,5,8-9,12-13,16H2,1-2H3,(H,24,25)/t17-/m1/s1. The van der Waals surface area contributed by atoms with Gasteiger partial charge in [-0.05, 0) is 74.3 Å². The lowest BCUT2D eigenvalue weighted by Gasteiger charge is -2.22. The van der Waals surface area contributed by atoms with Gasteiger partial charge in [-0.3, -0.25) is 4.79 Å². The topological polar surface area (TPSA) is 47.6 Å². The predicted octanol–water partition coefficient (Wildman–Crippen LogP) is 4.09. The fourth-order valence-electron chi connectivity index (χ4n) is 3.64. The normalized spacial score (nSPS) is 14.1. The minimum Gasteiger partial charge on any atom is -0.496 e. The van der Waals surface area contributed by atoms with Gasteiger partial charge in [-0.25, -0.2) is 0 Å². The Morgan fingerprint density at radius 3 is 2.70 bits per heavy atom. The first kappa shape index (κ1) is 19.3. The first-order valence-corrected chi connectivity index (χ1v) is 9.86. The van der Waals surface area contributed by atoms with Crippen molar-refractivity contribution in [3.05, 3.63) is 59.2 Å². The van der Waals surface area contributed by atoms with Crippen molar-refractivity contribution in [1.29, 1.82) is 0 Å². The largest absolute Gasteiger partial charge is 0.496 e. The van der Waals surface area contributed by atoms with Gasteiger partial charge in [0.25, 0.3) is 5.91 Å². The molecule has 1 aliphatic carbocycles. The van der Waals surface area contributed by atoms with Gasteiger partial charge in [-0.15, -0.1) is 0 Å². The minimum absolute atomic E-state index is 0.0663. The molecule has 27 heavy (non-hydrogen) atoms. The fraction of sp³-hybridized carbons (Fsp3) is 0.435. The number of ether oxygens (including phenoxy) is 2. The highest BCUT2D eigenvalue weighted by Crippen LogP contribution is 2.30. The molecule has 1 atom stereocenters. The van der Waals surface area contributed by atoms with Crippen LogP contribution >= 0.6 is 0 Å². The third-order valence-corrected chi connectivity index (χ3v) is 5.14. The maximum Gasteiger partial charge on any atom is 0.260 e. The molecule has 1 amide bonds. The summed E-state index contributed by atoms with van der Waals surface area (Å²) in [7, 11) is 1.68. The molecule has 0 saturated carbocycles. The summed E-state index contributed by atoms with van der Waals surface area (Å²) in [5.74, 6) is 1.70. The third-order valence-electron chi connectivity index (χ3n) is 5.14. The highest BCUT2D eigenvalue weighted by Gasteiger charge is 2.19. The molecule has 3 rings (SSSR count). The van der Waals surface area contributed by atoms with E-state index in [1.54, 1.807) is 7.11 Å². The molecule has 0 saturated heterocycles. The predicted molar refractivity (Wildman–Crippen MR) is 107 cm³/mol. The van der Waals surface area contributed by atoms with Gasteiger partial charge in [0, 0.05) is 6.54 Å². The van der Waals surface area contributed by atoms with Crippen LogP contribution < -0.4 is 14.8 Å². The third kappa shape index (κ3) is 5.03. The number of nitrogens with one attached hydrogen (secondary N) is 1. The lowest BCUT2D eigenvalue weighted by atomic mass is 9.91. The lowest BCUT2D eigenvalue weighted by Crippen LogP contribution is -2.37. The summed E-state index contributed by atoms with van der Waals surface area (Å²) in [5.41, 5.74) is 3.80. The molecular weight excluding hydrogens is 338 g/mol. The maximum absolute atomic E-state index is 12.4. The molecule has 2 aromatic carbocycles. The van der Waals surface area contributed by atoms with E-state index in [1.165, 1.54) is 24.0 Å². The van der Waals surface area contributed by atoms with E-state index in [1.807, 2.05) is 37.3 Å². The average Bonchev–Trinajstić information content (AvgIpc) is 2.71. The Morgan fingerprint density at radius 2 is 1.85 bits per heavy atom. The summed E-state index contributed by atoms with van der Waals surface area (Å²) in [6.45, 7) is 2.44. The molecule has 144 valence electrons. The summed E-state index contributed by atoms with van der Waals surface area (Å²) < 4.78 is 11.4. The van der Waals surface area contributed by atoms with Gasteiger partial charge in [0.1, 0.15) is 11.5 Å². The van der Waals surface area contributed by atoms with Crippen molar-refractivity contribution in [1.82, 2.24) is 5.32 Å². The van der Waals surface area contributed by atoms with E-state index < -0.39 is 6.10 Å². The Bertz CT molecular complexity index is 772. The number of hydrogen-bond donors (Lipinski definition) is 1. The Hall–Kier alpha value is -2.49. The number of carbonyl (C=O) groups excluding carboxylic acids is 1. The first-order chi connectivity index (χ1) is 13.2. The molecule has 0 unspecified atom stereocenters. The van der Waals surface area contributed by atoms with Crippen LogP contribution in [0.2, 0.25) is 0 Å². The Labute approximate surface area is 161 Å². The van der Waals surface area contributed by atoms with Crippen LogP contribution in [0.25, 0.3) is 0 Å². The zero-order chi connectivity index (χ0) is 19.1. The maximum atomic E-state index is 12.4. The van der Waals surface area contributed by atoms with E-state index in [2.05, 4.69) is 17.4 Å². The van der Waals surface area contributed by atoms with Crippen LogP contribution in [0.3, 0.4) is 0 Å². The van der Waals surface area contributed by atoms with Gasteiger partial charge in [0.2, 0.25) is 0 Å². The summed E-state index contributed by atoms with van der Waals surface area (Å²) in [6, 6.07) is 14.2. The van der Waals surface area contributed by atoms with Gasteiger partial charge in [0.05, 0.1) is 7.11 Å². The number of carbonyl (C=O) groups is 1. The monoisotopic (exact) mass is 367 g/mol. The average molecular weight is 367 g/mol. The first-order valence-electron chi connectivity index (χ1n) is 9.86. The fourth-order valence-corrected chi connectivity index (χ4v) is 3.64. The zero-order valence-corrected chi connectivity index (χ0v) is 16.3. The smallest absolute Gasteiger partial charge is 0.260 e. The minimum atomic E-state index is -0.496. The van der Waals surface area contributed by atoms with Crippen molar-refractivity contribution in [2.45, 2.75) is 51.6 Å². The van der Waals surface area contributed by atoms with Crippen molar-refractivity contribution in [3.8, 4) is 11.5 Å². The lowest BCUT2D eigenvalue weighted by molar-refractivity contribution is -0.127. The summed E-state index contributed by atoms with van der Waals surface area (Å²) in [5, 5.41) is 2.99. The summed E-state index contributed by atoms with van der Waals surface area (Å²) in [6.07, 6.45) is 5.81. The van der Waals surface area contributed by atoms with Crippen molar-refractivity contribution in [2.75, 3.05) is 13.7 Å². The Morgan fingerprint density at radius 1 is 1.07 bits per heavy atom. The van der Waals surface area contributed by atoms with E-state index >= 15 is 0 Å². The second kappa shape index (κ2) is 9.45. The number of benzene rings is 2. The van der Waals surface area contributed by atoms with Crippen LogP contribution in [-0.4, -0.2) is 25.7 Å². The zero-order valence-electron chi connectivity index (χ0n) is 16.3. The summed E-state index contributed by atoms with van der Waals surface area (Å²) in [4.78, 5) is 12.4. The van der Waals surface area contributed by atoms with Gasteiger partial charge in [-0.1, -0.05) is 30.3 Å². The van der Waals surface area contributed by atoms with Crippen molar-refractivity contribution in [3.63, 3.8) is 0 Å². The van der Waals surface area contributed by atoms with Crippen molar-refractivity contribution in [2.24, 2.45) is 0 Å². The molecule has 0 aliphatic heterocycles. The molecule has 2 aromatic rings. The van der Waals surface area contributed by atoms with E-state index in [4.69, 9.17) is 9.47 Å². The van der Waals surface area contributed by atoms with Gasteiger partial charge in [0.15, 0.2) is 6.10 Å². The van der Waals surface area contributed by atoms with Gasteiger partial charge < -0.3 is 14.8 Å². The Balaban J connectivity index is 1.47. The molecule has 1 N–H and O–H groups in total. The summed E-state index contributed by atoms with van der Waals surface area (Å²) >= 11 is 0. The van der Waals surface area contributed by atoms with Crippen LogP contribution in [0, 0.1) is 0 Å². The van der Waals surface area contributed by atoms with E-state index in [9.17, 15) is 4.79 Å². The molecule has 0 radical (unpaired) electrons. The number of para-hydroxylation sites is 1. The highest BCUT2D eigenvalue weighted by molar-refractivity contribution is 5.80. The van der Waals surface area contributed by atoms with Crippen molar-refractivity contribution >= 4 is 5.91 Å². The molecule has 0 bridgehead atoms. The number of rotatable bonds is 8. The van der Waals surface area contributed by atoms with E-state index in [-0.39, 0.29) is 5.91 Å². The van der Waals surface area contributed by atoms with E-state index in [0.29, 0.717) is 6.54 Å². The number of hydrogen-bond acceptors (Lipinski definition) is 3. The van der Waals surface area contributed by atoms with Crippen LogP contribution in [0.4, 0.5) is 0 Å². The molecule has 4 nitrogen and oxygen atoms in total. The molecule has 4 heteroatoms. The van der Waals surface area contributed by atoms with Crippen LogP contribution in [0.1, 0.15) is 42.9 Å². The van der Waals surface area contributed by atoms with E-state index in [0.717, 1.165) is 42.7 Å².